The van der Waals surface area contributed by atoms with Crippen LogP contribution >= 0.6 is 0 Å². The number of hydrogen-bond donors (Lipinski definition) is 3. The Morgan fingerprint density at radius 3 is 2.00 bits per heavy atom. The van der Waals surface area contributed by atoms with Gasteiger partial charge in [-0.05, 0) is 72.1 Å². The van der Waals surface area contributed by atoms with E-state index in [0.29, 0.717) is 11.1 Å². The van der Waals surface area contributed by atoms with Gasteiger partial charge >= 0.3 is 12.1 Å². The van der Waals surface area contributed by atoms with Crippen molar-refractivity contribution in [3.05, 3.63) is 71.3 Å². The second kappa shape index (κ2) is 16.5. The Morgan fingerprint density at radius 1 is 0.870 bits per heavy atom. The van der Waals surface area contributed by atoms with Crippen molar-refractivity contribution in [2.24, 2.45) is 5.73 Å². The third-order valence-corrected chi connectivity index (χ3v) is 6.55. The molecule has 11 nitrogen and oxygen atoms in total. The number of terminal acetylenes is 1. The Bertz CT molecular complexity index is 1420. The van der Waals surface area contributed by atoms with Gasteiger partial charge in [-0.2, -0.15) is 0 Å². The van der Waals surface area contributed by atoms with Crippen molar-refractivity contribution in [1.29, 1.82) is 0 Å². The van der Waals surface area contributed by atoms with Crippen molar-refractivity contribution in [3.8, 4) is 12.3 Å². The lowest BCUT2D eigenvalue weighted by molar-refractivity contribution is -0.159. The monoisotopic (exact) mass is 634 g/mol. The Morgan fingerprint density at radius 2 is 1.46 bits per heavy atom. The lowest BCUT2D eigenvalue weighted by Gasteiger charge is -2.35. The van der Waals surface area contributed by atoms with Gasteiger partial charge in [0, 0.05) is 24.9 Å². The van der Waals surface area contributed by atoms with E-state index >= 15 is 0 Å². The Hall–Kier alpha value is -4.85. The maximum absolute atomic E-state index is 14.3. The second-order valence-electron chi connectivity index (χ2n) is 12.7. The van der Waals surface area contributed by atoms with Crippen LogP contribution in [0.15, 0.2) is 54.6 Å². The summed E-state index contributed by atoms with van der Waals surface area (Å²) in [7, 11) is 0. The minimum Gasteiger partial charge on any atom is -0.458 e. The molecule has 3 unspecified atom stereocenters. The highest BCUT2D eigenvalue weighted by molar-refractivity contribution is 5.94. The Kier molecular flexibility index (Phi) is 13.4. The number of nitrogens with two attached hydrogens (primary N) is 1. The number of primary amides is 1. The van der Waals surface area contributed by atoms with E-state index in [0.717, 1.165) is 5.56 Å². The molecule has 0 heterocycles. The number of benzene rings is 2. The molecule has 248 valence electrons. The van der Waals surface area contributed by atoms with Gasteiger partial charge in [0.05, 0.1) is 0 Å². The van der Waals surface area contributed by atoms with Gasteiger partial charge in [-0.1, -0.05) is 54.5 Å². The maximum Gasteiger partial charge on any atom is 0.408 e. The van der Waals surface area contributed by atoms with Crippen LogP contribution in [0.5, 0.6) is 0 Å². The van der Waals surface area contributed by atoms with Gasteiger partial charge in [-0.15, -0.1) is 6.42 Å². The van der Waals surface area contributed by atoms with Crippen LogP contribution < -0.4 is 16.4 Å². The van der Waals surface area contributed by atoms with Crippen LogP contribution in [-0.4, -0.2) is 64.5 Å². The fourth-order valence-corrected chi connectivity index (χ4v) is 4.64. The quantitative estimate of drug-likeness (QED) is 0.224. The number of nitrogens with zero attached hydrogens (tertiary/aromatic N) is 1. The van der Waals surface area contributed by atoms with Crippen LogP contribution in [0, 0.1) is 12.3 Å². The zero-order valence-electron chi connectivity index (χ0n) is 27.7. The minimum absolute atomic E-state index is 0.00527. The molecular formula is C35H46N4O7. The summed E-state index contributed by atoms with van der Waals surface area (Å²) < 4.78 is 11.0. The molecule has 2 rings (SSSR count). The fraction of sp³-hybridized carbons (Fsp3) is 0.457. The summed E-state index contributed by atoms with van der Waals surface area (Å²) in [5.74, 6) is -0.157. The highest BCUT2D eigenvalue weighted by Gasteiger charge is 2.38. The van der Waals surface area contributed by atoms with Crippen molar-refractivity contribution in [3.63, 3.8) is 0 Å². The summed E-state index contributed by atoms with van der Waals surface area (Å²) >= 11 is 0. The van der Waals surface area contributed by atoms with E-state index in [4.69, 9.17) is 21.6 Å². The molecule has 0 bridgehead atoms. The van der Waals surface area contributed by atoms with Crippen LogP contribution in [0.25, 0.3) is 0 Å². The van der Waals surface area contributed by atoms with E-state index in [-0.39, 0.29) is 25.8 Å². The number of alkyl carbamates (subject to hydrolysis) is 1. The number of rotatable bonds is 13. The normalized spacial score (nSPS) is 13.3. The molecule has 4 N–H and O–H groups in total. The molecule has 0 aromatic heterocycles. The van der Waals surface area contributed by atoms with Crippen molar-refractivity contribution >= 4 is 29.8 Å². The number of ether oxygens (including phenoxy) is 2. The predicted molar refractivity (Wildman–Crippen MR) is 174 cm³/mol. The average Bonchev–Trinajstić information content (AvgIpc) is 2.95. The molecule has 0 aliphatic carbocycles. The first kappa shape index (κ1) is 37.3. The molecule has 0 radical (unpaired) electrons. The first-order valence-electron chi connectivity index (χ1n) is 15.2. The summed E-state index contributed by atoms with van der Waals surface area (Å²) in [6, 6.07) is 12.0. The standard InChI is InChI=1S/C35H46N4O7/c1-9-24-18-14-15-19-25(24)29(30(41)37-27(32(43)45-34(3,4)5)22-23-16-12-11-13-17-23)39(10-2)31(42)26(20-21-28(36)40)38-33(44)46-35(6,7)8/h1,11-19,26-27,29H,10,20-22H2,2-8H3,(H2,36,40)(H,37,41)(H,38,44). The number of hydrogen-bond acceptors (Lipinski definition) is 7. The van der Waals surface area contributed by atoms with Gasteiger partial charge in [0.25, 0.3) is 0 Å². The highest BCUT2D eigenvalue weighted by atomic mass is 16.6. The first-order chi connectivity index (χ1) is 21.5. The van der Waals surface area contributed by atoms with Crippen LogP contribution in [0.2, 0.25) is 0 Å². The molecular weight excluding hydrogens is 588 g/mol. The van der Waals surface area contributed by atoms with Gasteiger partial charge in [-0.3, -0.25) is 14.4 Å². The number of likely N-dealkylation sites (N-methyl/N-ethyl adjacent to an activating group) is 1. The van der Waals surface area contributed by atoms with Crippen LogP contribution in [0.3, 0.4) is 0 Å². The van der Waals surface area contributed by atoms with Crippen molar-refractivity contribution in [1.82, 2.24) is 15.5 Å². The fourth-order valence-electron chi connectivity index (χ4n) is 4.64. The lowest BCUT2D eigenvalue weighted by Crippen LogP contribution is -2.55. The van der Waals surface area contributed by atoms with Crippen molar-refractivity contribution < 1.29 is 33.4 Å². The molecule has 0 fully saturated rings. The zero-order chi connectivity index (χ0) is 34.7. The van der Waals surface area contributed by atoms with E-state index in [2.05, 4.69) is 16.6 Å². The molecule has 0 saturated carbocycles. The lowest BCUT2D eigenvalue weighted by atomic mass is 9.96. The summed E-state index contributed by atoms with van der Waals surface area (Å²) in [6.07, 6.45) is 4.67. The molecule has 2 aromatic carbocycles. The molecule has 3 atom stereocenters. The van der Waals surface area contributed by atoms with Gasteiger partial charge in [0.1, 0.15) is 29.3 Å². The second-order valence-corrected chi connectivity index (χ2v) is 12.7. The predicted octanol–water partition coefficient (Wildman–Crippen LogP) is 3.79. The highest BCUT2D eigenvalue weighted by Crippen LogP contribution is 2.27. The number of esters is 1. The third kappa shape index (κ3) is 11.9. The van der Waals surface area contributed by atoms with Gasteiger partial charge in [0.15, 0.2) is 0 Å². The molecule has 0 saturated heterocycles. The third-order valence-electron chi connectivity index (χ3n) is 6.55. The Labute approximate surface area is 271 Å². The number of carbonyl (C=O) groups is 5. The maximum atomic E-state index is 14.3. The van der Waals surface area contributed by atoms with E-state index in [1.54, 1.807) is 72.7 Å². The van der Waals surface area contributed by atoms with Gasteiger partial charge in [0.2, 0.25) is 17.7 Å². The van der Waals surface area contributed by atoms with E-state index in [1.807, 2.05) is 30.3 Å². The number of carbonyl (C=O) groups excluding carboxylic acids is 5. The molecule has 46 heavy (non-hydrogen) atoms. The van der Waals surface area contributed by atoms with Crippen LogP contribution in [0.1, 0.15) is 84.0 Å². The summed E-state index contributed by atoms with van der Waals surface area (Å²) in [5.41, 5.74) is 5.12. The summed E-state index contributed by atoms with van der Waals surface area (Å²) in [5, 5.41) is 5.33. The van der Waals surface area contributed by atoms with Crippen molar-refractivity contribution in [2.75, 3.05) is 6.54 Å². The van der Waals surface area contributed by atoms with Gasteiger partial charge < -0.3 is 30.7 Å². The molecule has 0 aliphatic rings. The largest absolute Gasteiger partial charge is 0.458 e. The van der Waals surface area contributed by atoms with E-state index < -0.39 is 59.1 Å². The van der Waals surface area contributed by atoms with Gasteiger partial charge in [-0.25, -0.2) is 9.59 Å². The topological polar surface area (TPSA) is 157 Å². The number of amides is 4. The molecule has 0 spiro atoms. The Balaban J connectivity index is 2.60. The molecule has 2 aromatic rings. The summed E-state index contributed by atoms with van der Waals surface area (Å²) in [4.78, 5) is 67.6. The van der Waals surface area contributed by atoms with Crippen LogP contribution in [-0.2, 0) is 35.1 Å². The minimum atomic E-state index is -1.33. The average molecular weight is 635 g/mol. The summed E-state index contributed by atoms with van der Waals surface area (Å²) in [6.45, 7) is 11.8. The zero-order valence-corrected chi connectivity index (χ0v) is 27.7. The van der Waals surface area contributed by atoms with E-state index in [1.165, 1.54) is 4.90 Å². The molecule has 11 heteroatoms. The SMILES string of the molecule is C#Cc1ccccc1C(C(=O)NC(Cc1ccccc1)C(=O)OC(C)(C)C)N(CC)C(=O)C(CCC(N)=O)NC(=O)OC(C)(C)C. The van der Waals surface area contributed by atoms with Crippen molar-refractivity contribution in [2.45, 2.75) is 97.1 Å². The number of nitrogens with one attached hydrogen (secondary N) is 2. The smallest absolute Gasteiger partial charge is 0.408 e. The molecule has 4 amide bonds. The van der Waals surface area contributed by atoms with E-state index in [9.17, 15) is 24.0 Å². The first-order valence-corrected chi connectivity index (χ1v) is 15.2. The molecule has 0 aliphatic heterocycles. The van der Waals surface area contributed by atoms with Crippen LogP contribution in [0.4, 0.5) is 4.79 Å².